The zero-order valence-electron chi connectivity index (χ0n) is 11.5. The second-order valence-corrected chi connectivity index (χ2v) is 6.35. The Labute approximate surface area is 124 Å². The van der Waals surface area contributed by atoms with E-state index in [1.54, 1.807) is 30.3 Å². The summed E-state index contributed by atoms with van der Waals surface area (Å²) < 4.78 is 23.9. The third-order valence-corrected chi connectivity index (χ3v) is 4.21. The zero-order chi connectivity index (χ0) is 15.3. The monoisotopic (exact) mass is 301 g/mol. The summed E-state index contributed by atoms with van der Waals surface area (Å²) in [6.45, 7) is 1.94. The second kappa shape index (κ2) is 6.37. The quantitative estimate of drug-likeness (QED) is 0.883. The average molecular weight is 301 g/mol. The number of carbonyl (C=O) groups excluding carboxylic acids is 1. The van der Waals surface area contributed by atoms with Gasteiger partial charge in [0.2, 0.25) is 5.91 Å². The summed E-state index contributed by atoms with van der Waals surface area (Å²) in [7, 11) is -3.60. The second-order valence-electron chi connectivity index (χ2n) is 4.52. The number of rotatable bonds is 4. The van der Waals surface area contributed by atoms with Crippen molar-refractivity contribution in [3.8, 4) is 0 Å². The van der Waals surface area contributed by atoms with Crippen LogP contribution < -0.4 is 5.32 Å². The van der Waals surface area contributed by atoms with E-state index >= 15 is 0 Å². The van der Waals surface area contributed by atoms with E-state index in [2.05, 4.69) is 5.32 Å². The normalized spacial score (nSPS) is 11.5. The van der Waals surface area contributed by atoms with Crippen LogP contribution in [0.15, 0.2) is 71.0 Å². The summed E-state index contributed by atoms with van der Waals surface area (Å²) in [6.07, 6.45) is 1.02. The summed E-state index contributed by atoms with van der Waals surface area (Å²) in [4.78, 5) is 11.9. The lowest BCUT2D eigenvalue weighted by Gasteiger charge is -2.02. The van der Waals surface area contributed by atoms with Crippen LogP contribution in [0.5, 0.6) is 0 Å². The molecule has 108 valence electrons. The minimum absolute atomic E-state index is 0.157. The Bertz CT molecular complexity index is 748. The predicted molar refractivity (Wildman–Crippen MR) is 82.6 cm³/mol. The number of nitrogens with one attached hydrogen (secondary N) is 1. The van der Waals surface area contributed by atoms with Crippen LogP contribution in [0, 0.1) is 6.92 Å². The van der Waals surface area contributed by atoms with Crippen molar-refractivity contribution >= 4 is 21.4 Å². The standard InChI is InChI=1S/C16H15NO3S/c1-13-7-9-14(10-8-13)17-16(18)11-12-21(19,20)15-5-3-2-4-6-15/h2-12H,1H3,(H,17,18). The van der Waals surface area contributed by atoms with E-state index in [0.717, 1.165) is 17.0 Å². The van der Waals surface area contributed by atoms with Gasteiger partial charge in [-0.2, -0.15) is 0 Å². The molecular weight excluding hydrogens is 286 g/mol. The maximum atomic E-state index is 12.0. The van der Waals surface area contributed by atoms with Crippen molar-refractivity contribution < 1.29 is 13.2 Å². The molecule has 0 aliphatic carbocycles. The summed E-state index contributed by atoms with van der Waals surface area (Å²) in [6, 6.07) is 15.2. The first-order valence-corrected chi connectivity index (χ1v) is 7.88. The van der Waals surface area contributed by atoms with Gasteiger partial charge in [-0.05, 0) is 31.2 Å². The summed E-state index contributed by atoms with van der Waals surface area (Å²) in [5.74, 6) is -0.488. The molecule has 0 unspecified atom stereocenters. The molecule has 2 rings (SSSR count). The van der Waals surface area contributed by atoms with E-state index < -0.39 is 15.7 Å². The van der Waals surface area contributed by atoms with Gasteiger partial charge in [-0.15, -0.1) is 0 Å². The smallest absolute Gasteiger partial charge is 0.249 e. The number of sulfone groups is 1. The van der Waals surface area contributed by atoms with E-state index in [9.17, 15) is 13.2 Å². The molecule has 4 nitrogen and oxygen atoms in total. The molecule has 0 spiro atoms. The van der Waals surface area contributed by atoms with Crippen LogP contribution in [0.2, 0.25) is 0 Å². The van der Waals surface area contributed by atoms with Crippen LogP contribution in [0.1, 0.15) is 5.56 Å². The molecule has 2 aromatic carbocycles. The van der Waals surface area contributed by atoms with Crippen LogP contribution in [0.3, 0.4) is 0 Å². The molecular formula is C16H15NO3S. The molecule has 0 aliphatic rings. The first-order valence-electron chi connectivity index (χ1n) is 6.33. The van der Waals surface area contributed by atoms with Crippen molar-refractivity contribution in [3.05, 3.63) is 71.6 Å². The van der Waals surface area contributed by atoms with Gasteiger partial charge in [-0.1, -0.05) is 35.9 Å². The van der Waals surface area contributed by atoms with Crippen molar-refractivity contribution in [2.75, 3.05) is 5.32 Å². The highest BCUT2D eigenvalue weighted by atomic mass is 32.2. The van der Waals surface area contributed by atoms with Crippen molar-refractivity contribution in [1.82, 2.24) is 0 Å². The molecule has 0 heterocycles. The van der Waals surface area contributed by atoms with Gasteiger partial charge in [-0.25, -0.2) is 8.42 Å². The highest BCUT2D eigenvalue weighted by Gasteiger charge is 2.09. The molecule has 1 N–H and O–H groups in total. The van der Waals surface area contributed by atoms with Gasteiger partial charge in [0.05, 0.1) is 4.90 Å². The third-order valence-electron chi connectivity index (χ3n) is 2.79. The molecule has 0 radical (unpaired) electrons. The fourth-order valence-electron chi connectivity index (χ4n) is 1.66. The van der Waals surface area contributed by atoms with E-state index in [-0.39, 0.29) is 4.90 Å². The molecule has 0 aliphatic heterocycles. The number of anilines is 1. The van der Waals surface area contributed by atoms with Crippen LogP contribution in [0.4, 0.5) is 5.69 Å². The molecule has 0 saturated heterocycles. The fourth-order valence-corrected chi connectivity index (χ4v) is 2.66. The molecule has 21 heavy (non-hydrogen) atoms. The summed E-state index contributed by atoms with van der Waals surface area (Å²) in [5, 5.41) is 3.51. The number of amides is 1. The van der Waals surface area contributed by atoms with Gasteiger partial charge in [0, 0.05) is 17.2 Å². The average Bonchev–Trinajstić information content (AvgIpc) is 2.49. The summed E-state index contributed by atoms with van der Waals surface area (Å²) >= 11 is 0. The SMILES string of the molecule is Cc1ccc(NC(=O)C=CS(=O)(=O)c2ccccc2)cc1. The van der Waals surface area contributed by atoms with Crippen LogP contribution >= 0.6 is 0 Å². The van der Waals surface area contributed by atoms with Gasteiger partial charge in [0.1, 0.15) is 0 Å². The fraction of sp³-hybridized carbons (Fsp3) is 0.0625. The molecule has 0 bridgehead atoms. The number of hydrogen-bond acceptors (Lipinski definition) is 3. The molecule has 1 amide bonds. The zero-order valence-corrected chi connectivity index (χ0v) is 12.3. The maximum absolute atomic E-state index is 12.0. The minimum atomic E-state index is -3.60. The minimum Gasteiger partial charge on any atom is -0.322 e. The molecule has 0 fully saturated rings. The van der Waals surface area contributed by atoms with E-state index in [4.69, 9.17) is 0 Å². The van der Waals surface area contributed by atoms with Gasteiger partial charge in [0.15, 0.2) is 9.84 Å². The van der Waals surface area contributed by atoms with Crippen molar-refractivity contribution in [1.29, 1.82) is 0 Å². The predicted octanol–water partition coefficient (Wildman–Crippen LogP) is 2.92. The Balaban J connectivity index is 2.07. The highest BCUT2D eigenvalue weighted by molar-refractivity contribution is 7.94. The van der Waals surface area contributed by atoms with Crippen molar-refractivity contribution in [3.63, 3.8) is 0 Å². The number of carbonyl (C=O) groups is 1. The number of aryl methyl sites for hydroxylation is 1. The molecule has 0 aromatic heterocycles. The topological polar surface area (TPSA) is 63.2 Å². The lowest BCUT2D eigenvalue weighted by Crippen LogP contribution is -2.08. The van der Waals surface area contributed by atoms with E-state index in [0.29, 0.717) is 5.69 Å². The number of benzene rings is 2. The Morgan fingerprint density at radius 2 is 1.62 bits per heavy atom. The van der Waals surface area contributed by atoms with Crippen molar-refractivity contribution in [2.24, 2.45) is 0 Å². The van der Waals surface area contributed by atoms with Gasteiger partial charge < -0.3 is 5.32 Å². The molecule has 0 atom stereocenters. The van der Waals surface area contributed by atoms with Crippen LogP contribution in [-0.2, 0) is 14.6 Å². The maximum Gasteiger partial charge on any atom is 0.249 e. The lowest BCUT2D eigenvalue weighted by atomic mass is 10.2. The third kappa shape index (κ3) is 4.29. The van der Waals surface area contributed by atoms with Gasteiger partial charge >= 0.3 is 0 Å². The van der Waals surface area contributed by atoms with Crippen LogP contribution in [0.25, 0.3) is 0 Å². The summed E-state index contributed by atoms with van der Waals surface area (Å²) in [5.41, 5.74) is 1.70. The number of hydrogen-bond donors (Lipinski definition) is 1. The Kier molecular flexibility index (Phi) is 4.55. The highest BCUT2D eigenvalue weighted by Crippen LogP contribution is 2.12. The largest absolute Gasteiger partial charge is 0.322 e. The lowest BCUT2D eigenvalue weighted by molar-refractivity contribution is -0.111. The first kappa shape index (κ1) is 15.0. The molecule has 5 heteroatoms. The van der Waals surface area contributed by atoms with Gasteiger partial charge in [-0.3, -0.25) is 4.79 Å². The van der Waals surface area contributed by atoms with Gasteiger partial charge in [0.25, 0.3) is 0 Å². The Hall–Kier alpha value is -2.40. The van der Waals surface area contributed by atoms with Crippen LogP contribution in [-0.4, -0.2) is 14.3 Å². The van der Waals surface area contributed by atoms with Crippen molar-refractivity contribution in [2.45, 2.75) is 11.8 Å². The first-order chi connectivity index (χ1) is 9.97. The van der Waals surface area contributed by atoms with E-state index in [1.165, 1.54) is 12.1 Å². The van der Waals surface area contributed by atoms with E-state index in [1.807, 2.05) is 19.1 Å². The Morgan fingerprint density at radius 3 is 2.24 bits per heavy atom. The Morgan fingerprint density at radius 1 is 1.00 bits per heavy atom. The molecule has 2 aromatic rings. The molecule has 0 saturated carbocycles.